The Morgan fingerprint density at radius 3 is 2.33 bits per heavy atom. The Kier molecular flexibility index (Phi) is 5.66. The van der Waals surface area contributed by atoms with Crippen LogP contribution < -0.4 is 5.32 Å². The molecule has 1 aromatic heterocycles. The topological polar surface area (TPSA) is 61.4 Å². The third-order valence-electron chi connectivity index (χ3n) is 5.12. The predicted octanol–water partition coefficient (Wildman–Crippen LogP) is 2.25. The van der Waals surface area contributed by atoms with E-state index in [1.54, 1.807) is 0 Å². The Morgan fingerprint density at radius 1 is 1.08 bits per heavy atom. The summed E-state index contributed by atoms with van der Waals surface area (Å²) in [5.74, 6) is 0.682. The van der Waals surface area contributed by atoms with Gasteiger partial charge in [0.15, 0.2) is 0 Å². The van der Waals surface area contributed by atoms with Crippen LogP contribution in [0, 0.1) is 13.8 Å². The number of nitrogens with one attached hydrogen (secondary N) is 1. The second-order valence-electron chi connectivity index (χ2n) is 7.04. The number of aryl methyl sites for hydroxylation is 2. The van der Waals surface area contributed by atoms with Crippen LogP contribution in [0.4, 0.5) is 4.79 Å². The van der Waals surface area contributed by atoms with Crippen LogP contribution in [-0.4, -0.2) is 58.0 Å². The lowest BCUT2D eigenvalue weighted by atomic mass is 9.94. The zero-order valence-corrected chi connectivity index (χ0v) is 14.9. The minimum Gasteiger partial charge on any atom is -0.331 e. The van der Waals surface area contributed by atoms with E-state index >= 15 is 0 Å². The Labute approximate surface area is 144 Å². The fraction of sp³-hybridized carbons (Fsp3) is 0.722. The van der Waals surface area contributed by atoms with Gasteiger partial charge in [-0.25, -0.2) is 14.8 Å². The third-order valence-corrected chi connectivity index (χ3v) is 5.12. The lowest BCUT2D eigenvalue weighted by molar-refractivity contribution is 0.0904. The molecule has 0 bridgehead atoms. The average Bonchev–Trinajstić information content (AvgIpc) is 2.60. The standard InChI is InChI=1S/C18H29N5O/c1-14-12-15(2)21-17(20-14)13-19-18(24)23-10-8-22(9-11-23)16-6-4-3-5-7-16/h12,16H,3-11,13H2,1-2H3,(H,19,24). The first-order chi connectivity index (χ1) is 11.6. The fourth-order valence-electron chi connectivity index (χ4n) is 3.88. The average molecular weight is 331 g/mol. The molecule has 3 rings (SSSR count). The van der Waals surface area contributed by atoms with Crippen molar-refractivity contribution in [3.8, 4) is 0 Å². The molecule has 2 amide bonds. The summed E-state index contributed by atoms with van der Waals surface area (Å²) >= 11 is 0. The quantitative estimate of drug-likeness (QED) is 0.923. The van der Waals surface area contributed by atoms with Crippen LogP contribution in [-0.2, 0) is 6.54 Å². The molecule has 1 N–H and O–H groups in total. The molecule has 0 unspecified atom stereocenters. The molecular weight excluding hydrogens is 302 g/mol. The molecule has 1 aliphatic carbocycles. The Balaban J connectivity index is 1.44. The molecule has 1 aliphatic heterocycles. The van der Waals surface area contributed by atoms with Crippen LogP contribution in [0.15, 0.2) is 6.07 Å². The van der Waals surface area contributed by atoms with Crippen molar-refractivity contribution in [1.29, 1.82) is 0 Å². The maximum Gasteiger partial charge on any atom is 0.317 e. The van der Waals surface area contributed by atoms with Crippen molar-refractivity contribution in [2.75, 3.05) is 26.2 Å². The highest BCUT2D eigenvalue weighted by Gasteiger charge is 2.26. The molecule has 0 aromatic carbocycles. The van der Waals surface area contributed by atoms with E-state index in [-0.39, 0.29) is 6.03 Å². The number of piperazine rings is 1. The summed E-state index contributed by atoms with van der Waals surface area (Å²) in [4.78, 5) is 25.6. The van der Waals surface area contributed by atoms with E-state index in [9.17, 15) is 4.79 Å². The van der Waals surface area contributed by atoms with E-state index in [0.717, 1.165) is 43.6 Å². The van der Waals surface area contributed by atoms with Crippen molar-refractivity contribution < 1.29 is 4.79 Å². The Bertz CT molecular complexity index is 542. The predicted molar refractivity (Wildman–Crippen MR) is 93.8 cm³/mol. The minimum atomic E-state index is 0.000975. The van der Waals surface area contributed by atoms with Crippen LogP contribution in [0.5, 0.6) is 0 Å². The third kappa shape index (κ3) is 4.44. The number of rotatable bonds is 3. The number of urea groups is 1. The maximum atomic E-state index is 12.4. The maximum absolute atomic E-state index is 12.4. The summed E-state index contributed by atoms with van der Waals surface area (Å²) in [7, 11) is 0. The van der Waals surface area contributed by atoms with Crippen LogP contribution in [0.1, 0.15) is 49.3 Å². The molecule has 1 saturated heterocycles. The molecule has 1 aromatic rings. The van der Waals surface area contributed by atoms with Gasteiger partial charge in [0, 0.05) is 43.6 Å². The highest BCUT2D eigenvalue weighted by Crippen LogP contribution is 2.23. The van der Waals surface area contributed by atoms with E-state index in [1.165, 1.54) is 32.1 Å². The van der Waals surface area contributed by atoms with Crippen LogP contribution >= 0.6 is 0 Å². The molecule has 24 heavy (non-hydrogen) atoms. The molecule has 0 spiro atoms. The number of amides is 2. The Morgan fingerprint density at radius 2 is 1.71 bits per heavy atom. The molecule has 2 heterocycles. The van der Waals surface area contributed by atoms with E-state index in [2.05, 4.69) is 20.2 Å². The number of carbonyl (C=O) groups excluding carboxylic acids is 1. The fourth-order valence-corrected chi connectivity index (χ4v) is 3.88. The second-order valence-corrected chi connectivity index (χ2v) is 7.04. The van der Waals surface area contributed by atoms with E-state index in [1.807, 2.05) is 24.8 Å². The van der Waals surface area contributed by atoms with Gasteiger partial charge >= 0.3 is 6.03 Å². The number of aromatic nitrogens is 2. The van der Waals surface area contributed by atoms with Crippen molar-refractivity contribution in [2.45, 2.75) is 58.5 Å². The van der Waals surface area contributed by atoms with Crippen molar-refractivity contribution in [3.05, 3.63) is 23.3 Å². The smallest absolute Gasteiger partial charge is 0.317 e. The van der Waals surface area contributed by atoms with Crippen molar-refractivity contribution in [2.24, 2.45) is 0 Å². The number of hydrogen-bond acceptors (Lipinski definition) is 4. The van der Waals surface area contributed by atoms with Gasteiger partial charge in [-0.1, -0.05) is 19.3 Å². The molecule has 6 nitrogen and oxygen atoms in total. The number of nitrogens with zero attached hydrogens (tertiary/aromatic N) is 4. The van der Waals surface area contributed by atoms with Gasteiger partial charge in [0.05, 0.1) is 6.54 Å². The highest BCUT2D eigenvalue weighted by molar-refractivity contribution is 5.74. The van der Waals surface area contributed by atoms with Gasteiger partial charge in [0.1, 0.15) is 5.82 Å². The zero-order chi connectivity index (χ0) is 16.9. The van der Waals surface area contributed by atoms with Crippen molar-refractivity contribution >= 4 is 6.03 Å². The largest absolute Gasteiger partial charge is 0.331 e. The first-order valence-corrected chi connectivity index (χ1v) is 9.20. The van der Waals surface area contributed by atoms with E-state index < -0.39 is 0 Å². The normalized spacial score (nSPS) is 20.2. The first kappa shape index (κ1) is 17.1. The minimum absolute atomic E-state index is 0.000975. The van der Waals surface area contributed by atoms with Crippen molar-refractivity contribution in [3.63, 3.8) is 0 Å². The second kappa shape index (κ2) is 7.92. The lowest BCUT2D eigenvalue weighted by Crippen LogP contribution is -2.54. The summed E-state index contributed by atoms with van der Waals surface area (Å²) in [6.45, 7) is 7.92. The summed E-state index contributed by atoms with van der Waals surface area (Å²) in [5, 5.41) is 2.96. The molecule has 2 aliphatic rings. The first-order valence-electron chi connectivity index (χ1n) is 9.20. The summed E-state index contributed by atoms with van der Waals surface area (Å²) in [6.07, 6.45) is 6.77. The van der Waals surface area contributed by atoms with Crippen molar-refractivity contribution in [1.82, 2.24) is 25.1 Å². The van der Waals surface area contributed by atoms with Crippen LogP contribution in [0.2, 0.25) is 0 Å². The lowest BCUT2D eigenvalue weighted by Gasteiger charge is -2.40. The molecular formula is C18H29N5O. The summed E-state index contributed by atoms with van der Waals surface area (Å²) in [5.41, 5.74) is 1.88. The van der Waals surface area contributed by atoms with Gasteiger partial charge in [0.25, 0.3) is 0 Å². The molecule has 6 heteroatoms. The van der Waals surface area contributed by atoms with Gasteiger partial charge in [-0.3, -0.25) is 4.90 Å². The zero-order valence-electron chi connectivity index (χ0n) is 14.9. The molecule has 2 fully saturated rings. The Hall–Kier alpha value is -1.69. The van der Waals surface area contributed by atoms with E-state index in [0.29, 0.717) is 12.4 Å². The van der Waals surface area contributed by atoms with Crippen LogP contribution in [0.25, 0.3) is 0 Å². The summed E-state index contributed by atoms with van der Waals surface area (Å²) in [6, 6.07) is 2.68. The number of carbonyl (C=O) groups is 1. The molecule has 0 atom stereocenters. The highest BCUT2D eigenvalue weighted by atomic mass is 16.2. The van der Waals surface area contributed by atoms with Gasteiger partial charge in [-0.15, -0.1) is 0 Å². The molecule has 1 saturated carbocycles. The van der Waals surface area contributed by atoms with E-state index in [4.69, 9.17) is 0 Å². The van der Waals surface area contributed by atoms with Gasteiger partial charge < -0.3 is 10.2 Å². The van der Waals surface area contributed by atoms with Gasteiger partial charge in [-0.2, -0.15) is 0 Å². The summed E-state index contributed by atoms with van der Waals surface area (Å²) < 4.78 is 0. The molecule has 0 radical (unpaired) electrons. The SMILES string of the molecule is Cc1cc(C)nc(CNC(=O)N2CCN(C3CCCCC3)CC2)n1. The van der Waals surface area contributed by atoms with Gasteiger partial charge in [0.2, 0.25) is 0 Å². The number of hydrogen-bond donors (Lipinski definition) is 1. The van der Waals surface area contributed by atoms with Crippen LogP contribution in [0.3, 0.4) is 0 Å². The van der Waals surface area contributed by atoms with Gasteiger partial charge in [-0.05, 0) is 32.8 Å². The molecule has 132 valence electrons. The monoisotopic (exact) mass is 331 g/mol.